The molecule has 2 N–H and O–H groups in total. The van der Waals surface area contributed by atoms with E-state index in [0.717, 1.165) is 34.9 Å². The molecule has 0 radical (unpaired) electrons. The van der Waals surface area contributed by atoms with E-state index in [1.165, 1.54) is 22.0 Å². The zero-order chi connectivity index (χ0) is 20.1. The first kappa shape index (κ1) is 19.6. The fourth-order valence-electron chi connectivity index (χ4n) is 3.57. The maximum atomic E-state index is 6.23. The number of rotatable bonds is 8. The van der Waals surface area contributed by atoms with Gasteiger partial charge >= 0.3 is 0 Å². The van der Waals surface area contributed by atoms with Gasteiger partial charge in [0, 0.05) is 34.2 Å². The van der Waals surface area contributed by atoms with Gasteiger partial charge in [-0.1, -0.05) is 59.6 Å². The van der Waals surface area contributed by atoms with Crippen molar-refractivity contribution in [1.29, 1.82) is 0 Å². The molecular formula is C25H25ClN2O. The Morgan fingerprint density at radius 3 is 2.76 bits per heavy atom. The molecule has 0 saturated heterocycles. The molecule has 29 heavy (non-hydrogen) atoms. The molecule has 0 atom stereocenters. The molecular weight excluding hydrogens is 380 g/mol. The van der Waals surface area contributed by atoms with Gasteiger partial charge in [-0.3, -0.25) is 0 Å². The van der Waals surface area contributed by atoms with E-state index in [9.17, 15) is 0 Å². The van der Waals surface area contributed by atoms with Gasteiger partial charge in [0.25, 0.3) is 0 Å². The van der Waals surface area contributed by atoms with Crippen LogP contribution in [-0.2, 0) is 19.6 Å². The smallest absolute Gasteiger partial charge is 0.124 e. The van der Waals surface area contributed by atoms with Gasteiger partial charge < -0.3 is 15.0 Å². The van der Waals surface area contributed by atoms with Crippen LogP contribution in [0, 0.1) is 6.92 Å². The van der Waals surface area contributed by atoms with Crippen LogP contribution in [0.1, 0.15) is 22.3 Å². The Morgan fingerprint density at radius 1 is 0.966 bits per heavy atom. The molecule has 4 aromatic rings. The molecule has 148 valence electrons. The van der Waals surface area contributed by atoms with Crippen LogP contribution in [0.15, 0.2) is 72.9 Å². The molecule has 1 aromatic heterocycles. The minimum Gasteiger partial charge on any atom is -0.489 e. The Balaban J connectivity index is 1.36. The Bertz CT molecular complexity index is 1100. The summed E-state index contributed by atoms with van der Waals surface area (Å²) in [6.07, 6.45) is 3.06. The number of nitrogens with one attached hydrogen (secondary N) is 2. The molecule has 1 heterocycles. The van der Waals surface area contributed by atoms with E-state index in [1.54, 1.807) is 0 Å². The summed E-state index contributed by atoms with van der Waals surface area (Å²) in [5, 5.41) is 5.54. The Hall–Kier alpha value is -2.75. The summed E-state index contributed by atoms with van der Waals surface area (Å²) in [4.78, 5) is 3.33. The standard InChI is InChI=1S/C25H25ClN2O/c1-18-5-4-6-19(13-18)17-29-25-10-9-22(26)14-21(25)15-27-12-11-20-16-28-24-8-3-2-7-23(20)24/h2-10,13-14,16,27-28H,11-12,15,17H2,1H3. The second-order valence-electron chi connectivity index (χ2n) is 7.32. The fraction of sp³-hybridized carbons (Fsp3) is 0.200. The first-order chi connectivity index (χ1) is 14.2. The van der Waals surface area contributed by atoms with Crippen LogP contribution in [0.3, 0.4) is 0 Å². The van der Waals surface area contributed by atoms with Crippen molar-refractivity contribution in [3.63, 3.8) is 0 Å². The molecule has 0 aliphatic carbocycles. The maximum absolute atomic E-state index is 6.23. The van der Waals surface area contributed by atoms with Crippen molar-refractivity contribution >= 4 is 22.5 Å². The number of aromatic amines is 1. The SMILES string of the molecule is Cc1cccc(COc2ccc(Cl)cc2CNCCc2c[nH]c3ccccc23)c1. The van der Waals surface area contributed by atoms with Gasteiger partial charge in [-0.25, -0.2) is 0 Å². The molecule has 3 aromatic carbocycles. The molecule has 0 aliphatic heterocycles. The van der Waals surface area contributed by atoms with Crippen molar-refractivity contribution in [2.24, 2.45) is 0 Å². The summed E-state index contributed by atoms with van der Waals surface area (Å²) >= 11 is 6.23. The first-order valence-corrected chi connectivity index (χ1v) is 10.3. The zero-order valence-electron chi connectivity index (χ0n) is 16.5. The highest BCUT2D eigenvalue weighted by Crippen LogP contribution is 2.24. The highest BCUT2D eigenvalue weighted by atomic mass is 35.5. The summed E-state index contributed by atoms with van der Waals surface area (Å²) in [5.41, 5.74) is 5.99. The van der Waals surface area contributed by atoms with E-state index in [4.69, 9.17) is 16.3 Å². The number of benzene rings is 3. The zero-order valence-corrected chi connectivity index (χ0v) is 17.3. The van der Waals surface area contributed by atoms with Gasteiger partial charge in [0.2, 0.25) is 0 Å². The van der Waals surface area contributed by atoms with Crippen molar-refractivity contribution in [2.45, 2.75) is 26.5 Å². The van der Waals surface area contributed by atoms with Crippen LogP contribution in [0.4, 0.5) is 0 Å². The number of aromatic nitrogens is 1. The van der Waals surface area contributed by atoms with Crippen molar-refractivity contribution < 1.29 is 4.74 Å². The maximum Gasteiger partial charge on any atom is 0.124 e. The highest BCUT2D eigenvalue weighted by Gasteiger charge is 2.07. The molecule has 4 rings (SSSR count). The van der Waals surface area contributed by atoms with E-state index in [-0.39, 0.29) is 0 Å². The third kappa shape index (κ3) is 5.00. The number of H-pyrrole nitrogens is 1. The Morgan fingerprint density at radius 2 is 1.86 bits per heavy atom. The predicted molar refractivity (Wildman–Crippen MR) is 121 cm³/mol. The highest BCUT2D eigenvalue weighted by molar-refractivity contribution is 6.30. The molecule has 0 spiro atoms. The van der Waals surface area contributed by atoms with Crippen LogP contribution in [0.2, 0.25) is 5.02 Å². The van der Waals surface area contributed by atoms with Crippen LogP contribution >= 0.6 is 11.6 Å². The predicted octanol–water partition coefficient (Wildman–Crippen LogP) is 6.04. The minimum absolute atomic E-state index is 0.547. The van der Waals surface area contributed by atoms with E-state index >= 15 is 0 Å². The second kappa shape index (κ2) is 9.17. The lowest BCUT2D eigenvalue weighted by atomic mass is 10.1. The van der Waals surface area contributed by atoms with Gasteiger partial charge in [-0.15, -0.1) is 0 Å². The van der Waals surface area contributed by atoms with Crippen molar-refractivity contribution in [1.82, 2.24) is 10.3 Å². The van der Waals surface area contributed by atoms with Crippen molar-refractivity contribution in [3.8, 4) is 5.75 Å². The van der Waals surface area contributed by atoms with E-state index < -0.39 is 0 Å². The normalized spacial score (nSPS) is 11.1. The largest absolute Gasteiger partial charge is 0.489 e. The molecule has 0 fully saturated rings. The summed E-state index contributed by atoms with van der Waals surface area (Å²) in [7, 11) is 0. The van der Waals surface area contributed by atoms with Gasteiger partial charge in [0.05, 0.1) is 0 Å². The summed E-state index contributed by atoms with van der Waals surface area (Å²) in [6, 6.07) is 22.6. The number of fused-ring (bicyclic) bond motifs is 1. The topological polar surface area (TPSA) is 37.0 Å². The number of para-hydroxylation sites is 1. The molecule has 0 unspecified atom stereocenters. The van der Waals surface area contributed by atoms with Crippen LogP contribution in [-0.4, -0.2) is 11.5 Å². The van der Waals surface area contributed by atoms with Gasteiger partial charge in [-0.05, 0) is 55.3 Å². The Kier molecular flexibility index (Phi) is 6.18. The third-order valence-electron chi connectivity index (χ3n) is 5.06. The van der Waals surface area contributed by atoms with Crippen LogP contribution in [0.25, 0.3) is 10.9 Å². The summed E-state index contributed by atoms with van der Waals surface area (Å²) in [6.45, 7) is 4.23. The lowest BCUT2D eigenvalue weighted by Gasteiger charge is -2.13. The van der Waals surface area contributed by atoms with Gasteiger partial charge in [-0.2, -0.15) is 0 Å². The van der Waals surface area contributed by atoms with E-state index in [2.05, 4.69) is 72.0 Å². The lowest BCUT2D eigenvalue weighted by molar-refractivity contribution is 0.302. The van der Waals surface area contributed by atoms with Crippen molar-refractivity contribution in [2.75, 3.05) is 6.54 Å². The fourth-order valence-corrected chi connectivity index (χ4v) is 3.77. The number of halogens is 1. The first-order valence-electron chi connectivity index (χ1n) is 9.91. The molecule has 4 heteroatoms. The van der Waals surface area contributed by atoms with Crippen LogP contribution in [0.5, 0.6) is 5.75 Å². The molecule has 0 aliphatic rings. The average molecular weight is 405 g/mol. The molecule has 3 nitrogen and oxygen atoms in total. The van der Waals surface area contributed by atoms with Crippen molar-refractivity contribution in [3.05, 3.63) is 100 Å². The van der Waals surface area contributed by atoms with Crippen LogP contribution < -0.4 is 10.1 Å². The Labute approximate surface area is 176 Å². The van der Waals surface area contributed by atoms with E-state index in [1.807, 2.05) is 18.2 Å². The number of hydrogen-bond donors (Lipinski definition) is 2. The summed E-state index contributed by atoms with van der Waals surface area (Å²) < 4.78 is 6.09. The number of ether oxygens (including phenoxy) is 1. The minimum atomic E-state index is 0.547. The monoisotopic (exact) mass is 404 g/mol. The van der Waals surface area contributed by atoms with Gasteiger partial charge in [0.1, 0.15) is 12.4 Å². The number of hydrogen-bond acceptors (Lipinski definition) is 2. The molecule has 0 bridgehead atoms. The lowest BCUT2D eigenvalue weighted by Crippen LogP contribution is -2.17. The van der Waals surface area contributed by atoms with Gasteiger partial charge in [0.15, 0.2) is 0 Å². The second-order valence-corrected chi connectivity index (χ2v) is 7.75. The molecule has 0 saturated carbocycles. The van der Waals surface area contributed by atoms with E-state index in [0.29, 0.717) is 13.2 Å². The molecule has 0 amide bonds. The number of aryl methyl sites for hydroxylation is 1. The summed E-state index contributed by atoms with van der Waals surface area (Å²) in [5.74, 6) is 0.871. The third-order valence-corrected chi connectivity index (χ3v) is 5.30. The quantitative estimate of drug-likeness (QED) is 0.351. The average Bonchev–Trinajstić information content (AvgIpc) is 3.14.